The molecule has 0 saturated carbocycles. The van der Waals surface area contributed by atoms with Crippen molar-refractivity contribution in [1.29, 1.82) is 0 Å². The monoisotopic (exact) mass is 395 g/mol. The summed E-state index contributed by atoms with van der Waals surface area (Å²) in [6, 6.07) is 13.9. The maximum atomic E-state index is 12.1. The number of carbonyl (C=O) groups excluding carboxylic acids is 3. The predicted molar refractivity (Wildman–Crippen MR) is 112 cm³/mol. The van der Waals surface area contributed by atoms with Gasteiger partial charge in [-0.05, 0) is 67.8 Å². The molecule has 0 bridgehead atoms. The molecule has 2 aromatic rings. The number of piperidine rings is 1. The topological polar surface area (TPSA) is 87.7 Å². The number of hydrogen-bond acceptors (Lipinski definition) is 5. The number of rotatable bonds is 6. The maximum absolute atomic E-state index is 12.1. The molecule has 1 aliphatic rings. The van der Waals surface area contributed by atoms with Crippen LogP contribution in [0.15, 0.2) is 48.5 Å². The number of amides is 2. The van der Waals surface area contributed by atoms with Gasteiger partial charge in [-0.1, -0.05) is 0 Å². The number of benzene rings is 2. The highest BCUT2D eigenvalue weighted by molar-refractivity contribution is 5.96. The number of ether oxygens (including phenoxy) is 1. The van der Waals surface area contributed by atoms with Crippen LogP contribution in [-0.2, 0) is 14.3 Å². The second kappa shape index (κ2) is 9.73. The molecule has 1 aliphatic heterocycles. The maximum Gasteiger partial charge on any atom is 0.338 e. The predicted octanol–water partition coefficient (Wildman–Crippen LogP) is 3.43. The van der Waals surface area contributed by atoms with Crippen molar-refractivity contribution in [3.63, 3.8) is 0 Å². The largest absolute Gasteiger partial charge is 0.452 e. The molecule has 0 unspecified atom stereocenters. The Bertz CT molecular complexity index is 857. The quantitative estimate of drug-likeness (QED) is 0.732. The lowest BCUT2D eigenvalue weighted by Gasteiger charge is -2.28. The van der Waals surface area contributed by atoms with Gasteiger partial charge in [0, 0.05) is 37.1 Å². The van der Waals surface area contributed by atoms with Crippen LogP contribution in [-0.4, -0.2) is 37.5 Å². The van der Waals surface area contributed by atoms with E-state index in [0.717, 1.165) is 18.8 Å². The molecule has 2 N–H and O–H groups in total. The zero-order valence-electron chi connectivity index (χ0n) is 16.4. The molecule has 0 radical (unpaired) electrons. The van der Waals surface area contributed by atoms with E-state index in [2.05, 4.69) is 15.5 Å². The summed E-state index contributed by atoms with van der Waals surface area (Å²) in [5.41, 5.74) is 2.70. The minimum Gasteiger partial charge on any atom is -0.452 e. The van der Waals surface area contributed by atoms with E-state index >= 15 is 0 Å². The number of nitrogens with zero attached hydrogens (tertiary/aromatic N) is 1. The van der Waals surface area contributed by atoms with Crippen LogP contribution in [0.25, 0.3) is 0 Å². The summed E-state index contributed by atoms with van der Waals surface area (Å²) >= 11 is 0. The second-order valence-corrected chi connectivity index (χ2v) is 6.98. The lowest BCUT2D eigenvalue weighted by molar-refractivity contribution is -0.119. The summed E-state index contributed by atoms with van der Waals surface area (Å²) in [6.45, 7) is 3.16. The lowest BCUT2D eigenvalue weighted by atomic mass is 10.1. The van der Waals surface area contributed by atoms with Gasteiger partial charge >= 0.3 is 5.97 Å². The Kier molecular flexibility index (Phi) is 6.84. The van der Waals surface area contributed by atoms with Crippen molar-refractivity contribution < 1.29 is 19.1 Å². The third-order valence-corrected chi connectivity index (χ3v) is 4.65. The fourth-order valence-corrected chi connectivity index (χ4v) is 3.21. The van der Waals surface area contributed by atoms with Gasteiger partial charge in [0.2, 0.25) is 5.91 Å². The van der Waals surface area contributed by atoms with E-state index in [-0.39, 0.29) is 12.5 Å². The highest BCUT2D eigenvalue weighted by Crippen LogP contribution is 2.21. The van der Waals surface area contributed by atoms with Gasteiger partial charge in [0.05, 0.1) is 5.56 Å². The smallest absolute Gasteiger partial charge is 0.338 e. The van der Waals surface area contributed by atoms with Crippen molar-refractivity contribution >= 4 is 34.8 Å². The molecule has 1 heterocycles. The lowest BCUT2D eigenvalue weighted by Crippen LogP contribution is -2.29. The third kappa shape index (κ3) is 6.07. The Morgan fingerprint density at radius 2 is 1.45 bits per heavy atom. The van der Waals surface area contributed by atoms with Crippen LogP contribution in [0.4, 0.5) is 17.1 Å². The van der Waals surface area contributed by atoms with Crippen LogP contribution in [0.1, 0.15) is 36.5 Å². The molecule has 0 aliphatic carbocycles. The number of nitrogens with one attached hydrogen (secondary N) is 2. The molecule has 1 fully saturated rings. The fraction of sp³-hybridized carbons (Fsp3) is 0.318. The first-order chi connectivity index (χ1) is 14.0. The summed E-state index contributed by atoms with van der Waals surface area (Å²) in [5.74, 6) is -1.20. The summed E-state index contributed by atoms with van der Waals surface area (Å²) in [5, 5.41) is 5.34. The molecule has 3 rings (SSSR count). The van der Waals surface area contributed by atoms with Gasteiger partial charge in [-0.25, -0.2) is 4.79 Å². The van der Waals surface area contributed by atoms with Gasteiger partial charge in [0.1, 0.15) is 0 Å². The first-order valence-corrected chi connectivity index (χ1v) is 9.71. The zero-order valence-corrected chi connectivity index (χ0v) is 16.4. The highest BCUT2D eigenvalue weighted by Gasteiger charge is 2.12. The van der Waals surface area contributed by atoms with Crippen molar-refractivity contribution in [1.82, 2.24) is 0 Å². The van der Waals surface area contributed by atoms with Crippen molar-refractivity contribution in [2.45, 2.75) is 26.2 Å². The molecule has 7 nitrogen and oxygen atoms in total. The van der Waals surface area contributed by atoms with E-state index < -0.39 is 11.9 Å². The normalized spacial score (nSPS) is 13.5. The molecule has 7 heteroatoms. The number of anilines is 3. The molecule has 1 saturated heterocycles. The molecule has 2 amide bonds. The summed E-state index contributed by atoms with van der Waals surface area (Å²) in [7, 11) is 0. The third-order valence-electron chi connectivity index (χ3n) is 4.65. The highest BCUT2D eigenvalue weighted by atomic mass is 16.5. The number of carbonyl (C=O) groups is 3. The Hall–Kier alpha value is -3.35. The molecule has 0 spiro atoms. The van der Waals surface area contributed by atoms with Crippen LogP contribution in [0.5, 0.6) is 0 Å². The average molecular weight is 395 g/mol. The minimum atomic E-state index is -0.602. The van der Waals surface area contributed by atoms with E-state index in [4.69, 9.17) is 4.74 Å². The number of hydrogen-bond donors (Lipinski definition) is 2. The SMILES string of the molecule is CC(=O)Nc1ccc(C(=O)OCC(=O)Nc2ccc(N3CCCCC3)cc2)cc1. The van der Waals surface area contributed by atoms with E-state index in [1.807, 2.05) is 24.3 Å². The molecule has 0 aromatic heterocycles. The van der Waals surface area contributed by atoms with Gasteiger partial charge < -0.3 is 20.3 Å². The van der Waals surface area contributed by atoms with E-state index in [1.165, 1.54) is 38.3 Å². The fourth-order valence-electron chi connectivity index (χ4n) is 3.21. The standard InChI is InChI=1S/C22H25N3O4/c1-16(26)23-18-7-5-17(6-8-18)22(28)29-15-21(27)24-19-9-11-20(12-10-19)25-13-3-2-4-14-25/h5-12H,2-4,13-15H2,1H3,(H,23,26)(H,24,27). The minimum absolute atomic E-state index is 0.194. The van der Waals surface area contributed by atoms with Crippen LogP contribution in [0.3, 0.4) is 0 Å². The van der Waals surface area contributed by atoms with E-state index in [1.54, 1.807) is 12.1 Å². The van der Waals surface area contributed by atoms with Crippen LogP contribution in [0, 0.1) is 0 Å². The van der Waals surface area contributed by atoms with Crippen molar-refractivity contribution in [2.24, 2.45) is 0 Å². The molecule has 152 valence electrons. The average Bonchev–Trinajstić information content (AvgIpc) is 2.73. The molecule has 0 atom stereocenters. The van der Waals surface area contributed by atoms with Crippen molar-refractivity contribution in [3.8, 4) is 0 Å². The van der Waals surface area contributed by atoms with Crippen LogP contribution in [0.2, 0.25) is 0 Å². The van der Waals surface area contributed by atoms with Crippen molar-refractivity contribution in [3.05, 3.63) is 54.1 Å². The summed E-state index contributed by atoms with van der Waals surface area (Å²) in [4.78, 5) is 37.5. The van der Waals surface area contributed by atoms with E-state index in [9.17, 15) is 14.4 Å². The molecule has 2 aromatic carbocycles. The summed E-state index contributed by atoms with van der Waals surface area (Å²) in [6.07, 6.45) is 3.70. The molecular weight excluding hydrogens is 370 g/mol. The van der Waals surface area contributed by atoms with Crippen LogP contribution >= 0.6 is 0 Å². The van der Waals surface area contributed by atoms with E-state index in [0.29, 0.717) is 16.9 Å². The van der Waals surface area contributed by atoms with Gasteiger partial charge in [-0.15, -0.1) is 0 Å². The van der Waals surface area contributed by atoms with Gasteiger partial charge in [0.15, 0.2) is 6.61 Å². The van der Waals surface area contributed by atoms with Crippen LogP contribution < -0.4 is 15.5 Å². The second-order valence-electron chi connectivity index (χ2n) is 6.98. The first kappa shape index (κ1) is 20.4. The Morgan fingerprint density at radius 3 is 2.07 bits per heavy atom. The van der Waals surface area contributed by atoms with Gasteiger partial charge in [0.25, 0.3) is 5.91 Å². The Balaban J connectivity index is 1.46. The molecule has 29 heavy (non-hydrogen) atoms. The van der Waals surface area contributed by atoms with Gasteiger partial charge in [-0.2, -0.15) is 0 Å². The summed E-state index contributed by atoms with van der Waals surface area (Å²) < 4.78 is 5.06. The first-order valence-electron chi connectivity index (χ1n) is 9.71. The zero-order chi connectivity index (χ0) is 20.6. The Labute approximate surface area is 170 Å². The van der Waals surface area contributed by atoms with Crippen molar-refractivity contribution in [2.75, 3.05) is 35.2 Å². The number of esters is 1. The Morgan fingerprint density at radius 1 is 0.862 bits per heavy atom. The van der Waals surface area contributed by atoms with Gasteiger partial charge in [-0.3, -0.25) is 9.59 Å². The molecular formula is C22H25N3O4.